The Balaban J connectivity index is 1.77. The molecule has 2 rings (SSSR count). The highest BCUT2D eigenvalue weighted by Gasteiger charge is 2.41. The van der Waals surface area contributed by atoms with Gasteiger partial charge in [-0.25, -0.2) is 0 Å². The monoisotopic (exact) mass is 254 g/mol. The normalized spacial score (nSPS) is 23.9. The molecule has 0 aromatic heterocycles. The Morgan fingerprint density at radius 2 is 1.83 bits per heavy atom. The van der Waals surface area contributed by atoms with Gasteiger partial charge in [-0.05, 0) is 45.8 Å². The Kier molecular flexibility index (Phi) is 4.62. The summed E-state index contributed by atoms with van der Waals surface area (Å²) in [5.41, 5.74) is -0.459. The smallest absolute Gasteiger partial charge is 0.310 e. The van der Waals surface area contributed by atoms with E-state index in [2.05, 4.69) is 16.8 Å². The Morgan fingerprint density at radius 1 is 1.22 bits per heavy atom. The zero-order valence-corrected chi connectivity index (χ0v) is 11.5. The quantitative estimate of drug-likeness (QED) is 0.783. The average molecular weight is 254 g/mol. The zero-order chi connectivity index (χ0) is 13.0. The Morgan fingerprint density at radius 3 is 2.39 bits per heavy atom. The summed E-state index contributed by atoms with van der Waals surface area (Å²) in [5, 5.41) is 9.46. The van der Waals surface area contributed by atoms with E-state index in [-0.39, 0.29) is 0 Å². The zero-order valence-electron chi connectivity index (χ0n) is 11.5. The maximum atomic E-state index is 11.5. The molecule has 4 nitrogen and oxygen atoms in total. The van der Waals surface area contributed by atoms with Crippen LogP contribution in [-0.2, 0) is 4.79 Å². The lowest BCUT2D eigenvalue weighted by Crippen LogP contribution is -2.42. The molecule has 0 amide bonds. The fourth-order valence-corrected chi connectivity index (χ4v) is 3.41. The molecule has 1 aliphatic heterocycles. The number of likely N-dealkylation sites (tertiary alicyclic amines) is 1. The van der Waals surface area contributed by atoms with E-state index in [1.165, 1.54) is 25.9 Å². The molecule has 1 heterocycles. The maximum Gasteiger partial charge on any atom is 0.310 e. The van der Waals surface area contributed by atoms with Crippen LogP contribution >= 0.6 is 0 Å². The van der Waals surface area contributed by atoms with Gasteiger partial charge in [-0.15, -0.1) is 0 Å². The molecule has 0 bridgehead atoms. The van der Waals surface area contributed by atoms with Gasteiger partial charge in [0, 0.05) is 19.6 Å². The molecule has 104 valence electrons. The molecule has 0 aromatic rings. The molecule has 1 saturated carbocycles. The number of rotatable bonds is 6. The number of hydrogen-bond donors (Lipinski definition) is 1. The van der Waals surface area contributed by atoms with Crippen LogP contribution in [-0.4, -0.2) is 60.6 Å². The van der Waals surface area contributed by atoms with E-state index in [4.69, 9.17) is 0 Å². The summed E-state index contributed by atoms with van der Waals surface area (Å²) in [7, 11) is 2.07. The largest absolute Gasteiger partial charge is 0.481 e. The molecule has 2 aliphatic rings. The van der Waals surface area contributed by atoms with Gasteiger partial charge in [0.1, 0.15) is 0 Å². The van der Waals surface area contributed by atoms with Gasteiger partial charge < -0.3 is 14.9 Å². The summed E-state index contributed by atoms with van der Waals surface area (Å²) in [5.74, 6) is -0.590. The minimum Gasteiger partial charge on any atom is -0.481 e. The summed E-state index contributed by atoms with van der Waals surface area (Å²) in [6.07, 6.45) is 6.51. The maximum absolute atomic E-state index is 11.5. The lowest BCUT2D eigenvalue weighted by atomic mass is 9.86. The average Bonchev–Trinajstić information content (AvgIpc) is 2.97. The highest BCUT2D eigenvalue weighted by molar-refractivity contribution is 5.75. The molecule has 0 radical (unpaired) electrons. The standard InChI is InChI=1S/C14H26N2O2/c1-15(10-11-16-8-4-5-9-16)12-14(13(17)18)6-2-3-7-14/h2-12H2,1H3,(H,17,18). The second-order valence-corrected chi connectivity index (χ2v) is 6.08. The fourth-order valence-electron chi connectivity index (χ4n) is 3.41. The third-order valence-electron chi connectivity index (χ3n) is 4.58. The highest BCUT2D eigenvalue weighted by Crippen LogP contribution is 2.38. The number of carbonyl (C=O) groups is 1. The van der Waals surface area contributed by atoms with Gasteiger partial charge in [-0.1, -0.05) is 12.8 Å². The lowest BCUT2D eigenvalue weighted by molar-refractivity contribution is -0.149. The summed E-state index contributed by atoms with van der Waals surface area (Å²) in [6.45, 7) is 5.24. The van der Waals surface area contributed by atoms with Gasteiger partial charge in [0.15, 0.2) is 0 Å². The van der Waals surface area contributed by atoms with Crippen LogP contribution in [0, 0.1) is 5.41 Å². The highest BCUT2D eigenvalue weighted by atomic mass is 16.4. The van der Waals surface area contributed by atoms with Crippen LogP contribution in [0.25, 0.3) is 0 Å². The molecule has 18 heavy (non-hydrogen) atoms. The number of likely N-dealkylation sites (N-methyl/N-ethyl adjacent to an activating group) is 1. The van der Waals surface area contributed by atoms with Crippen molar-refractivity contribution in [1.29, 1.82) is 0 Å². The van der Waals surface area contributed by atoms with Crippen LogP contribution in [0.15, 0.2) is 0 Å². The molecule has 2 fully saturated rings. The first kappa shape index (κ1) is 13.8. The molecule has 0 spiro atoms. The van der Waals surface area contributed by atoms with Gasteiger partial charge in [0.05, 0.1) is 5.41 Å². The van der Waals surface area contributed by atoms with Crippen LogP contribution in [0.3, 0.4) is 0 Å². The van der Waals surface area contributed by atoms with Crippen molar-refractivity contribution < 1.29 is 9.90 Å². The number of carboxylic acid groups (broad SMARTS) is 1. The van der Waals surface area contributed by atoms with Crippen LogP contribution in [0.5, 0.6) is 0 Å². The van der Waals surface area contributed by atoms with Crippen molar-refractivity contribution in [3.63, 3.8) is 0 Å². The van der Waals surface area contributed by atoms with Gasteiger partial charge in [0.2, 0.25) is 0 Å². The van der Waals surface area contributed by atoms with E-state index in [9.17, 15) is 9.90 Å². The van der Waals surface area contributed by atoms with Crippen molar-refractivity contribution >= 4 is 5.97 Å². The number of carboxylic acids is 1. The first-order valence-corrected chi connectivity index (χ1v) is 7.27. The van der Waals surface area contributed by atoms with Crippen LogP contribution < -0.4 is 0 Å². The molecule has 1 N–H and O–H groups in total. The van der Waals surface area contributed by atoms with Gasteiger partial charge in [-0.2, -0.15) is 0 Å². The Hall–Kier alpha value is -0.610. The molecule has 1 saturated heterocycles. The summed E-state index contributed by atoms with van der Waals surface area (Å²) in [6, 6.07) is 0. The number of nitrogens with zero attached hydrogens (tertiary/aromatic N) is 2. The topological polar surface area (TPSA) is 43.8 Å². The van der Waals surface area contributed by atoms with E-state index in [0.717, 1.165) is 45.3 Å². The lowest BCUT2D eigenvalue weighted by Gasteiger charge is -2.30. The van der Waals surface area contributed by atoms with E-state index < -0.39 is 11.4 Å². The van der Waals surface area contributed by atoms with Crippen LogP contribution in [0.1, 0.15) is 38.5 Å². The van der Waals surface area contributed by atoms with E-state index >= 15 is 0 Å². The van der Waals surface area contributed by atoms with E-state index in [1.807, 2.05) is 0 Å². The Labute approximate surface area is 110 Å². The third kappa shape index (κ3) is 3.23. The molecular weight excluding hydrogens is 228 g/mol. The van der Waals surface area contributed by atoms with Crippen molar-refractivity contribution in [1.82, 2.24) is 9.80 Å². The van der Waals surface area contributed by atoms with Gasteiger partial charge >= 0.3 is 5.97 Å². The second-order valence-electron chi connectivity index (χ2n) is 6.08. The summed E-state index contributed by atoms with van der Waals surface area (Å²) >= 11 is 0. The van der Waals surface area contributed by atoms with Gasteiger partial charge in [0.25, 0.3) is 0 Å². The Bertz CT molecular complexity index is 282. The molecule has 0 unspecified atom stereocenters. The predicted octanol–water partition coefficient (Wildman–Crippen LogP) is 1.66. The van der Waals surface area contributed by atoms with Crippen LogP contribution in [0.4, 0.5) is 0 Å². The minimum atomic E-state index is -0.590. The molecule has 0 atom stereocenters. The number of aliphatic carboxylic acids is 1. The minimum absolute atomic E-state index is 0.459. The molecule has 0 aromatic carbocycles. The van der Waals surface area contributed by atoms with E-state index in [0.29, 0.717) is 0 Å². The molecular formula is C14H26N2O2. The van der Waals surface area contributed by atoms with Crippen LogP contribution in [0.2, 0.25) is 0 Å². The molecule has 4 heteroatoms. The van der Waals surface area contributed by atoms with E-state index in [1.54, 1.807) is 0 Å². The van der Waals surface area contributed by atoms with Crippen molar-refractivity contribution in [2.24, 2.45) is 5.41 Å². The second kappa shape index (κ2) is 6.02. The fraction of sp³-hybridized carbons (Fsp3) is 0.929. The number of hydrogen-bond acceptors (Lipinski definition) is 3. The summed E-state index contributed by atoms with van der Waals surface area (Å²) in [4.78, 5) is 16.2. The predicted molar refractivity (Wildman–Crippen MR) is 71.7 cm³/mol. The first-order chi connectivity index (χ1) is 8.62. The van der Waals surface area contributed by atoms with Gasteiger partial charge in [-0.3, -0.25) is 4.79 Å². The first-order valence-electron chi connectivity index (χ1n) is 7.27. The SMILES string of the molecule is CN(CCN1CCCC1)CC1(C(=O)O)CCCC1. The van der Waals surface area contributed by atoms with Crippen molar-refractivity contribution in [3.05, 3.63) is 0 Å². The molecule has 1 aliphatic carbocycles. The van der Waals surface area contributed by atoms with Crippen molar-refractivity contribution in [2.75, 3.05) is 39.8 Å². The summed E-state index contributed by atoms with van der Waals surface area (Å²) < 4.78 is 0. The third-order valence-corrected chi connectivity index (χ3v) is 4.58. The van der Waals surface area contributed by atoms with Crippen molar-refractivity contribution in [3.8, 4) is 0 Å². The van der Waals surface area contributed by atoms with Crippen molar-refractivity contribution in [2.45, 2.75) is 38.5 Å².